The molecule has 1 aliphatic rings. The van der Waals surface area contributed by atoms with Gasteiger partial charge in [0.15, 0.2) is 5.78 Å². The Morgan fingerprint density at radius 2 is 2.04 bits per heavy atom. The van der Waals surface area contributed by atoms with E-state index < -0.39 is 0 Å². The number of allylic oxidation sites excluding steroid dienone is 2. The molecule has 5 heteroatoms. The molecular formula is C20H26N2O3. The van der Waals surface area contributed by atoms with Gasteiger partial charge in [0.05, 0.1) is 16.8 Å². The lowest BCUT2D eigenvalue weighted by Crippen LogP contribution is -2.26. The van der Waals surface area contributed by atoms with Crippen LogP contribution in [-0.4, -0.2) is 29.6 Å². The summed E-state index contributed by atoms with van der Waals surface area (Å²) in [5.74, 6) is -0.243. The third-order valence-corrected chi connectivity index (χ3v) is 4.19. The fourth-order valence-electron chi connectivity index (χ4n) is 2.83. The van der Waals surface area contributed by atoms with Gasteiger partial charge in [-0.1, -0.05) is 39.3 Å². The predicted molar refractivity (Wildman–Crippen MR) is 99.5 cm³/mol. The second-order valence-corrected chi connectivity index (χ2v) is 7.19. The fourth-order valence-corrected chi connectivity index (χ4v) is 2.83. The molecule has 0 saturated carbocycles. The highest BCUT2D eigenvalue weighted by atomic mass is 16.3. The highest BCUT2D eigenvalue weighted by Crippen LogP contribution is 2.35. The molecule has 0 aromatic heterocycles. The Morgan fingerprint density at radius 3 is 2.72 bits per heavy atom. The molecular weight excluding hydrogens is 316 g/mol. The summed E-state index contributed by atoms with van der Waals surface area (Å²) in [7, 11) is 0. The molecule has 1 amide bonds. The number of aliphatic imine (C=N–C) groups is 1. The van der Waals surface area contributed by atoms with Crippen molar-refractivity contribution in [1.82, 2.24) is 5.32 Å². The van der Waals surface area contributed by atoms with Gasteiger partial charge < -0.3 is 10.4 Å². The SMILES string of the molecule is CCCCNC(=O)c1ccccc1N=CC1=C(O)CC(C)(C)CC1=O. The Kier molecular flexibility index (Phi) is 6.12. The van der Waals surface area contributed by atoms with Gasteiger partial charge in [0, 0.05) is 25.6 Å². The lowest BCUT2D eigenvalue weighted by atomic mass is 9.77. The Hall–Kier alpha value is -2.43. The Balaban J connectivity index is 2.22. The van der Waals surface area contributed by atoms with Gasteiger partial charge in [-0.05, 0) is 24.0 Å². The minimum Gasteiger partial charge on any atom is -0.511 e. The van der Waals surface area contributed by atoms with Crippen molar-refractivity contribution in [1.29, 1.82) is 0 Å². The van der Waals surface area contributed by atoms with Crippen molar-refractivity contribution in [3.05, 3.63) is 41.2 Å². The van der Waals surface area contributed by atoms with Crippen molar-refractivity contribution in [3.63, 3.8) is 0 Å². The van der Waals surface area contributed by atoms with Gasteiger partial charge in [-0.25, -0.2) is 0 Å². The first-order valence-electron chi connectivity index (χ1n) is 8.70. The average Bonchev–Trinajstić information content (AvgIpc) is 2.53. The number of carbonyl (C=O) groups is 2. The quantitative estimate of drug-likeness (QED) is 0.603. The monoisotopic (exact) mass is 342 g/mol. The van der Waals surface area contributed by atoms with Crippen molar-refractivity contribution >= 4 is 23.6 Å². The number of rotatable bonds is 6. The van der Waals surface area contributed by atoms with E-state index in [1.165, 1.54) is 6.21 Å². The van der Waals surface area contributed by atoms with Crippen molar-refractivity contribution in [2.24, 2.45) is 10.4 Å². The Bertz CT molecular complexity index is 717. The molecule has 0 heterocycles. The van der Waals surface area contributed by atoms with Crippen LogP contribution in [0.25, 0.3) is 0 Å². The smallest absolute Gasteiger partial charge is 0.253 e. The van der Waals surface area contributed by atoms with Gasteiger partial charge >= 0.3 is 0 Å². The molecule has 2 N–H and O–H groups in total. The van der Waals surface area contributed by atoms with E-state index in [4.69, 9.17) is 0 Å². The third-order valence-electron chi connectivity index (χ3n) is 4.19. The molecule has 1 aromatic carbocycles. The second kappa shape index (κ2) is 8.10. The molecule has 0 aliphatic heterocycles. The summed E-state index contributed by atoms with van der Waals surface area (Å²) < 4.78 is 0. The highest BCUT2D eigenvalue weighted by molar-refractivity contribution is 6.15. The van der Waals surface area contributed by atoms with E-state index >= 15 is 0 Å². The number of hydrogen-bond acceptors (Lipinski definition) is 4. The van der Waals surface area contributed by atoms with Gasteiger partial charge in [0.2, 0.25) is 0 Å². The number of ketones is 1. The van der Waals surface area contributed by atoms with Gasteiger partial charge in [0.25, 0.3) is 5.91 Å². The minimum atomic E-state index is -0.240. The summed E-state index contributed by atoms with van der Waals surface area (Å²) in [6, 6.07) is 6.99. The number of unbranched alkanes of at least 4 members (excludes halogenated alkanes) is 1. The van der Waals surface area contributed by atoms with Crippen molar-refractivity contribution in [3.8, 4) is 0 Å². The number of para-hydroxylation sites is 1. The lowest BCUT2D eigenvalue weighted by molar-refractivity contribution is -0.117. The Morgan fingerprint density at radius 1 is 1.32 bits per heavy atom. The zero-order valence-electron chi connectivity index (χ0n) is 15.1. The number of aliphatic hydroxyl groups is 1. The number of carbonyl (C=O) groups excluding carboxylic acids is 2. The summed E-state index contributed by atoms with van der Waals surface area (Å²) in [5, 5.41) is 13.0. The highest BCUT2D eigenvalue weighted by Gasteiger charge is 2.32. The molecule has 5 nitrogen and oxygen atoms in total. The molecule has 0 radical (unpaired) electrons. The topological polar surface area (TPSA) is 78.8 Å². The van der Waals surface area contributed by atoms with E-state index in [0.717, 1.165) is 12.8 Å². The normalized spacial score (nSPS) is 17.2. The van der Waals surface area contributed by atoms with E-state index in [2.05, 4.69) is 17.2 Å². The number of aliphatic hydroxyl groups excluding tert-OH is 1. The average molecular weight is 342 g/mol. The number of nitrogens with one attached hydrogen (secondary N) is 1. The van der Waals surface area contributed by atoms with Gasteiger partial charge in [0.1, 0.15) is 5.76 Å². The zero-order valence-corrected chi connectivity index (χ0v) is 15.1. The lowest BCUT2D eigenvalue weighted by Gasteiger charge is -2.28. The number of Topliss-reactive ketones (excluding diaryl/α,β-unsaturated/α-hetero) is 1. The summed E-state index contributed by atoms with van der Waals surface area (Å²) in [6.07, 6.45) is 4.12. The zero-order chi connectivity index (χ0) is 18.4. The van der Waals surface area contributed by atoms with Gasteiger partial charge in [-0.15, -0.1) is 0 Å². The second-order valence-electron chi connectivity index (χ2n) is 7.19. The molecule has 0 atom stereocenters. The van der Waals surface area contributed by atoms with Crippen LogP contribution >= 0.6 is 0 Å². The van der Waals surface area contributed by atoms with E-state index in [-0.39, 0.29) is 28.4 Å². The summed E-state index contributed by atoms with van der Waals surface area (Å²) >= 11 is 0. The van der Waals surface area contributed by atoms with Crippen LogP contribution in [0.1, 0.15) is 56.8 Å². The largest absolute Gasteiger partial charge is 0.511 e. The van der Waals surface area contributed by atoms with Crippen LogP contribution in [0.15, 0.2) is 40.6 Å². The first-order valence-corrected chi connectivity index (χ1v) is 8.70. The first-order chi connectivity index (χ1) is 11.8. The van der Waals surface area contributed by atoms with Crippen LogP contribution in [0.3, 0.4) is 0 Å². The molecule has 0 fully saturated rings. The number of benzene rings is 1. The third kappa shape index (κ3) is 5.02. The van der Waals surface area contributed by atoms with Crippen LogP contribution in [0.4, 0.5) is 5.69 Å². The maximum Gasteiger partial charge on any atom is 0.253 e. The van der Waals surface area contributed by atoms with Crippen LogP contribution in [0.5, 0.6) is 0 Å². The molecule has 0 unspecified atom stereocenters. The van der Waals surface area contributed by atoms with Crippen molar-refractivity contribution < 1.29 is 14.7 Å². The van der Waals surface area contributed by atoms with Gasteiger partial charge in [-0.2, -0.15) is 0 Å². The van der Waals surface area contributed by atoms with Crippen LogP contribution in [0.2, 0.25) is 0 Å². The summed E-state index contributed by atoms with van der Waals surface area (Å²) in [6.45, 7) is 6.58. The fraction of sp³-hybridized carbons (Fsp3) is 0.450. The molecule has 1 aromatic rings. The predicted octanol–water partition coefficient (Wildman–Crippen LogP) is 4.12. The Labute approximate surface area is 148 Å². The molecule has 134 valence electrons. The van der Waals surface area contributed by atoms with E-state index in [1.807, 2.05) is 13.8 Å². The number of amides is 1. The maximum absolute atomic E-state index is 12.3. The van der Waals surface area contributed by atoms with E-state index in [9.17, 15) is 14.7 Å². The van der Waals surface area contributed by atoms with Crippen LogP contribution in [-0.2, 0) is 4.79 Å². The molecule has 1 aliphatic carbocycles. The van der Waals surface area contributed by atoms with Crippen LogP contribution in [0, 0.1) is 5.41 Å². The standard InChI is InChI=1S/C20H26N2O3/c1-4-5-10-21-19(25)14-8-6-7-9-16(14)22-13-15-17(23)11-20(2,3)12-18(15)24/h6-9,13,23H,4-5,10-12H2,1-3H3,(H,21,25). The summed E-state index contributed by atoms with van der Waals surface area (Å²) in [4.78, 5) is 28.8. The van der Waals surface area contributed by atoms with E-state index in [0.29, 0.717) is 30.6 Å². The van der Waals surface area contributed by atoms with Crippen molar-refractivity contribution in [2.75, 3.05) is 6.54 Å². The van der Waals surface area contributed by atoms with Gasteiger partial charge in [-0.3, -0.25) is 14.6 Å². The molecule has 2 rings (SSSR count). The van der Waals surface area contributed by atoms with E-state index in [1.54, 1.807) is 24.3 Å². The van der Waals surface area contributed by atoms with Crippen molar-refractivity contribution in [2.45, 2.75) is 46.5 Å². The minimum absolute atomic E-state index is 0.0647. The molecule has 0 saturated heterocycles. The summed E-state index contributed by atoms with van der Waals surface area (Å²) in [5.41, 5.74) is 0.934. The molecule has 0 spiro atoms. The number of nitrogens with zero attached hydrogens (tertiary/aromatic N) is 1. The maximum atomic E-state index is 12.3. The molecule has 25 heavy (non-hydrogen) atoms. The first kappa shape index (κ1) is 18.9. The number of hydrogen-bond donors (Lipinski definition) is 2. The molecule has 0 bridgehead atoms. The van der Waals surface area contributed by atoms with Crippen LogP contribution < -0.4 is 5.32 Å².